The second-order valence-corrected chi connectivity index (χ2v) is 4.76. The summed E-state index contributed by atoms with van der Waals surface area (Å²) in [7, 11) is 0. The van der Waals surface area contributed by atoms with Crippen molar-refractivity contribution in [2.45, 2.75) is 44.2 Å². The molecule has 6 heteroatoms. The molecular formula is C11H19N5O. The number of nitrogens with one attached hydrogen (secondary N) is 1. The normalized spacial score (nSPS) is 18.2. The zero-order chi connectivity index (χ0) is 12.1. The minimum Gasteiger partial charge on any atom is -0.354 e. The first-order valence-corrected chi connectivity index (χ1v) is 6.08. The van der Waals surface area contributed by atoms with Crippen LogP contribution >= 0.6 is 0 Å². The van der Waals surface area contributed by atoms with Gasteiger partial charge < -0.3 is 11.1 Å². The standard InChI is InChI=1S/C11H19N5O/c12-11(3-1-2-4-11)9-10(17)13-5-7-16-8-6-14-15-16/h6,8H,1-5,7,9,12H2,(H,13,17). The Hall–Kier alpha value is -1.43. The largest absolute Gasteiger partial charge is 0.354 e. The number of hydrogen-bond donors (Lipinski definition) is 2. The predicted molar refractivity (Wildman–Crippen MR) is 63.0 cm³/mol. The summed E-state index contributed by atoms with van der Waals surface area (Å²) in [6, 6.07) is 0. The van der Waals surface area contributed by atoms with Crippen LogP contribution in [0, 0.1) is 0 Å². The molecule has 2 rings (SSSR count). The highest BCUT2D eigenvalue weighted by Crippen LogP contribution is 2.29. The molecule has 0 unspecified atom stereocenters. The third-order valence-corrected chi connectivity index (χ3v) is 3.25. The molecule has 6 nitrogen and oxygen atoms in total. The number of carbonyl (C=O) groups excluding carboxylic acids is 1. The molecule has 1 aliphatic rings. The summed E-state index contributed by atoms with van der Waals surface area (Å²) in [5, 5.41) is 10.4. The van der Waals surface area contributed by atoms with Gasteiger partial charge in [0, 0.05) is 24.7 Å². The Balaban J connectivity index is 1.67. The van der Waals surface area contributed by atoms with Crippen LogP contribution in [0.1, 0.15) is 32.1 Å². The number of nitrogens with two attached hydrogens (primary N) is 1. The topological polar surface area (TPSA) is 85.8 Å². The Morgan fingerprint density at radius 3 is 2.88 bits per heavy atom. The predicted octanol–water partition coefficient (Wildman–Crippen LogP) is 0.0559. The van der Waals surface area contributed by atoms with Crippen LogP contribution in [-0.2, 0) is 11.3 Å². The fourth-order valence-electron chi connectivity index (χ4n) is 2.30. The Kier molecular flexibility index (Phi) is 3.73. The third kappa shape index (κ3) is 3.52. The summed E-state index contributed by atoms with van der Waals surface area (Å²) >= 11 is 0. The van der Waals surface area contributed by atoms with Gasteiger partial charge in [-0.25, -0.2) is 0 Å². The lowest BCUT2D eigenvalue weighted by Gasteiger charge is -2.22. The third-order valence-electron chi connectivity index (χ3n) is 3.25. The molecule has 0 saturated heterocycles. The average Bonchev–Trinajstić information content (AvgIpc) is 2.90. The molecule has 1 aliphatic carbocycles. The van der Waals surface area contributed by atoms with E-state index in [2.05, 4.69) is 15.6 Å². The number of hydrogen-bond acceptors (Lipinski definition) is 4. The summed E-state index contributed by atoms with van der Waals surface area (Å²) in [6.45, 7) is 1.21. The van der Waals surface area contributed by atoms with E-state index in [1.54, 1.807) is 17.1 Å². The van der Waals surface area contributed by atoms with Crippen molar-refractivity contribution in [2.75, 3.05) is 6.54 Å². The zero-order valence-electron chi connectivity index (χ0n) is 9.93. The zero-order valence-corrected chi connectivity index (χ0v) is 9.93. The molecule has 0 radical (unpaired) electrons. The molecule has 0 atom stereocenters. The van der Waals surface area contributed by atoms with Crippen molar-refractivity contribution >= 4 is 5.91 Å². The molecule has 3 N–H and O–H groups in total. The van der Waals surface area contributed by atoms with Gasteiger partial charge >= 0.3 is 0 Å². The lowest BCUT2D eigenvalue weighted by Crippen LogP contribution is -2.42. The minimum absolute atomic E-state index is 0.0366. The van der Waals surface area contributed by atoms with E-state index in [1.807, 2.05) is 0 Å². The molecule has 1 fully saturated rings. The Labute approximate surface area is 101 Å². The van der Waals surface area contributed by atoms with Crippen molar-refractivity contribution in [3.8, 4) is 0 Å². The van der Waals surface area contributed by atoms with E-state index in [0.717, 1.165) is 25.7 Å². The van der Waals surface area contributed by atoms with Crippen LogP contribution < -0.4 is 11.1 Å². The summed E-state index contributed by atoms with van der Waals surface area (Å²) in [6.07, 6.45) is 8.03. The van der Waals surface area contributed by atoms with Crippen LogP contribution in [0.3, 0.4) is 0 Å². The van der Waals surface area contributed by atoms with Gasteiger partial charge in [0.15, 0.2) is 0 Å². The first-order chi connectivity index (χ1) is 8.18. The van der Waals surface area contributed by atoms with Gasteiger partial charge in [0.2, 0.25) is 5.91 Å². The molecular weight excluding hydrogens is 218 g/mol. The monoisotopic (exact) mass is 237 g/mol. The number of rotatable bonds is 5. The molecule has 1 aromatic heterocycles. The van der Waals surface area contributed by atoms with Crippen molar-refractivity contribution in [1.29, 1.82) is 0 Å². The maximum absolute atomic E-state index is 11.7. The van der Waals surface area contributed by atoms with E-state index in [-0.39, 0.29) is 11.4 Å². The highest BCUT2D eigenvalue weighted by Gasteiger charge is 2.31. The highest BCUT2D eigenvalue weighted by atomic mass is 16.1. The average molecular weight is 237 g/mol. The Morgan fingerprint density at radius 2 is 2.24 bits per heavy atom. The second-order valence-electron chi connectivity index (χ2n) is 4.76. The summed E-state index contributed by atoms with van der Waals surface area (Å²) in [5.74, 6) is 0.0366. The lowest BCUT2D eigenvalue weighted by molar-refractivity contribution is -0.122. The van der Waals surface area contributed by atoms with Gasteiger partial charge in [0.1, 0.15) is 0 Å². The van der Waals surface area contributed by atoms with Gasteiger partial charge in [-0.1, -0.05) is 18.1 Å². The second kappa shape index (κ2) is 5.27. The van der Waals surface area contributed by atoms with Gasteiger partial charge in [-0.3, -0.25) is 9.48 Å². The van der Waals surface area contributed by atoms with Crippen molar-refractivity contribution in [2.24, 2.45) is 5.73 Å². The molecule has 0 aliphatic heterocycles. The highest BCUT2D eigenvalue weighted by molar-refractivity contribution is 5.77. The molecule has 0 aromatic carbocycles. The van der Waals surface area contributed by atoms with E-state index >= 15 is 0 Å². The van der Waals surface area contributed by atoms with Gasteiger partial charge in [-0.05, 0) is 12.8 Å². The van der Waals surface area contributed by atoms with Crippen LogP contribution in [-0.4, -0.2) is 33.0 Å². The quantitative estimate of drug-likeness (QED) is 0.758. The first kappa shape index (κ1) is 12.0. The van der Waals surface area contributed by atoms with Crippen LogP contribution in [0.25, 0.3) is 0 Å². The number of amides is 1. The first-order valence-electron chi connectivity index (χ1n) is 6.08. The van der Waals surface area contributed by atoms with Gasteiger partial charge in [-0.2, -0.15) is 0 Å². The molecule has 0 spiro atoms. The van der Waals surface area contributed by atoms with Gasteiger partial charge in [0.05, 0.1) is 12.7 Å². The molecule has 1 amide bonds. The minimum atomic E-state index is -0.267. The lowest BCUT2D eigenvalue weighted by atomic mass is 9.94. The van der Waals surface area contributed by atoms with Gasteiger partial charge in [0.25, 0.3) is 0 Å². The maximum Gasteiger partial charge on any atom is 0.221 e. The Bertz CT molecular complexity index is 356. The molecule has 1 saturated carbocycles. The van der Waals surface area contributed by atoms with E-state index in [4.69, 9.17) is 5.73 Å². The van der Waals surface area contributed by atoms with Crippen molar-refractivity contribution < 1.29 is 4.79 Å². The van der Waals surface area contributed by atoms with Crippen LogP contribution in [0.15, 0.2) is 12.4 Å². The van der Waals surface area contributed by atoms with E-state index in [0.29, 0.717) is 19.5 Å². The van der Waals surface area contributed by atoms with E-state index < -0.39 is 0 Å². The van der Waals surface area contributed by atoms with Crippen molar-refractivity contribution in [3.63, 3.8) is 0 Å². The fraction of sp³-hybridized carbons (Fsp3) is 0.727. The number of carbonyl (C=O) groups is 1. The summed E-state index contributed by atoms with van der Waals surface area (Å²) in [5.41, 5.74) is 5.87. The summed E-state index contributed by atoms with van der Waals surface area (Å²) in [4.78, 5) is 11.7. The maximum atomic E-state index is 11.7. The molecule has 1 heterocycles. The van der Waals surface area contributed by atoms with E-state index in [1.165, 1.54) is 0 Å². The molecule has 94 valence electrons. The molecule has 0 bridgehead atoms. The smallest absolute Gasteiger partial charge is 0.221 e. The summed E-state index contributed by atoms with van der Waals surface area (Å²) < 4.78 is 1.69. The van der Waals surface area contributed by atoms with Gasteiger partial charge in [-0.15, -0.1) is 5.10 Å². The number of aromatic nitrogens is 3. The Morgan fingerprint density at radius 1 is 1.47 bits per heavy atom. The van der Waals surface area contributed by atoms with Crippen molar-refractivity contribution in [1.82, 2.24) is 20.3 Å². The molecule has 17 heavy (non-hydrogen) atoms. The van der Waals surface area contributed by atoms with Crippen molar-refractivity contribution in [3.05, 3.63) is 12.4 Å². The fourth-order valence-corrected chi connectivity index (χ4v) is 2.30. The number of nitrogens with zero attached hydrogens (tertiary/aromatic N) is 3. The van der Waals surface area contributed by atoms with Crippen LogP contribution in [0.5, 0.6) is 0 Å². The van der Waals surface area contributed by atoms with Crippen LogP contribution in [0.4, 0.5) is 0 Å². The molecule has 1 aromatic rings. The SMILES string of the molecule is NC1(CC(=O)NCCn2ccnn2)CCCC1. The van der Waals surface area contributed by atoms with E-state index in [9.17, 15) is 4.79 Å². The van der Waals surface area contributed by atoms with Crippen LogP contribution in [0.2, 0.25) is 0 Å².